The van der Waals surface area contributed by atoms with E-state index in [1.807, 2.05) is 13.8 Å². The summed E-state index contributed by atoms with van der Waals surface area (Å²) in [6, 6.07) is 0. The summed E-state index contributed by atoms with van der Waals surface area (Å²) in [6.07, 6.45) is 0.799. The summed E-state index contributed by atoms with van der Waals surface area (Å²) in [7, 11) is 0. The standard InChI is InChI=1S/C9H20O2S/c1-7(2)8(3)6-9(4,5)12(10)11/h7-8H,6H2,1-5H3,(H,10,11). The van der Waals surface area contributed by atoms with Crippen molar-refractivity contribution < 1.29 is 8.76 Å². The Hall–Kier alpha value is 0.110. The van der Waals surface area contributed by atoms with Gasteiger partial charge in [-0.3, -0.25) is 0 Å². The maximum absolute atomic E-state index is 10.9. The molecule has 0 aromatic carbocycles. The average molecular weight is 192 g/mol. The van der Waals surface area contributed by atoms with E-state index in [-0.39, 0.29) is 0 Å². The van der Waals surface area contributed by atoms with E-state index >= 15 is 0 Å². The third kappa shape index (κ3) is 3.68. The highest BCUT2D eigenvalue weighted by atomic mass is 32.2. The van der Waals surface area contributed by atoms with Crippen LogP contribution in [0.3, 0.4) is 0 Å². The lowest BCUT2D eigenvalue weighted by Crippen LogP contribution is -2.29. The van der Waals surface area contributed by atoms with Gasteiger partial charge in [-0.05, 0) is 32.1 Å². The zero-order chi connectivity index (χ0) is 9.94. The van der Waals surface area contributed by atoms with Gasteiger partial charge in [0.1, 0.15) is 0 Å². The van der Waals surface area contributed by atoms with E-state index in [2.05, 4.69) is 20.8 Å². The van der Waals surface area contributed by atoms with Gasteiger partial charge in [0.25, 0.3) is 0 Å². The molecule has 0 saturated carbocycles. The lowest BCUT2D eigenvalue weighted by molar-refractivity contribution is 0.348. The molecule has 0 aromatic rings. The van der Waals surface area contributed by atoms with Crippen LogP contribution >= 0.6 is 0 Å². The molecule has 0 rings (SSSR count). The summed E-state index contributed by atoms with van der Waals surface area (Å²) in [5, 5.41) is 0. The molecule has 3 heteroatoms. The van der Waals surface area contributed by atoms with Crippen molar-refractivity contribution in [2.24, 2.45) is 11.8 Å². The number of rotatable bonds is 4. The van der Waals surface area contributed by atoms with Gasteiger partial charge < -0.3 is 4.55 Å². The van der Waals surface area contributed by atoms with E-state index in [1.165, 1.54) is 0 Å². The van der Waals surface area contributed by atoms with E-state index in [0.717, 1.165) is 6.42 Å². The van der Waals surface area contributed by atoms with Crippen LogP contribution in [0.1, 0.15) is 41.0 Å². The highest BCUT2D eigenvalue weighted by molar-refractivity contribution is 7.80. The summed E-state index contributed by atoms with van der Waals surface area (Å²) in [4.78, 5) is 0. The van der Waals surface area contributed by atoms with Crippen molar-refractivity contribution in [3.63, 3.8) is 0 Å². The highest BCUT2D eigenvalue weighted by Crippen LogP contribution is 2.26. The molecule has 0 amide bonds. The van der Waals surface area contributed by atoms with Gasteiger partial charge in [0.05, 0.1) is 4.75 Å². The summed E-state index contributed by atoms with van der Waals surface area (Å²) in [6.45, 7) is 10.1. The Morgan fingerprint density at radius 1 is 1.33 bits per heavy atom. The van der Waals surface area contributed by atoms with E-state index in [1.54, 1.807) is 0 Å². The molecule has 0 saturated heterocycles. The number of hydrogen-bond acceptors (Lipinski definition) is 1. The molecule has 2 atom stereocenters. The normalized spacial score (nSPS) is 17.9. The van der Waals surface area contributed by atoms with Crippen molar-refractivity contribution in [2.75, 3.05) is 0 Å². The molecule has 74 valence electrons. The average Bonchev–Trinajstić information content (AvgIpc) is 1.85. The van der Waals surface area contributed by atoms with Crippen molar-refractivity contribution >= 4 is 11.1 Å². The van der Waals surface area contributed by atoms with Gasteiger partial charge >= 0.3 is 0 Å². The zero-order valence-electron chi connectivity index (χ0n) is 8.63. The second-order valence-electron chi connectivity index (χ2n) is 4.43. The first-order chi connectivity index (χ1) is 5.27. The Morgan fingerprint density at radius 2 is 1.75 bits per heavy atom. The SMILES string of the molecule is CC(C)C(C)CC(C)(C)S(=O)O. The first kappa shape index (κ1) is 12.1. The van der Waals surface area contributed by atoms with Crippen molar-refractivity contribution in [3.05, 3.63) is 0 Å². The fourth-order valence-electron chi connectivity index (χ4n) is 1.08. The minimum atomic E-state index is -1.71. The molecule has 0 aliphatic rings. The van der Waals surface area contributed by atoms with E-state index in [4.69, 9.17) is 4.55 Å². The van der Waals surface area contributed by atoms with Crippen LogP contribution < -0.4 is 0 Å². The van der Waals surface area contributed by atoms with Crippen molar-refractivity contribution in [1.82, 2.24) is 0 Å². The summed E-state index contributed by atoms with van der Waals surface area (Å²) < 4.78 is 19.4. The maximum atomic E-state index is 10.9. The van der Waals surface area contributed by atoms with Crippen molar-refractivity contribution in [3.8, 4) is 0 Å². The lowest BCUT2D eigenvalue weighted by Gasteiger charge is -2.26. The molecule has 1 N–H and O–H groups in total. The third-order valence-corrected chi connectivity index (χ3v) is 3.54. The first-order valence-corrected chi connectivity index (χ1v) is 5.49. The van der Waals surface area contributed by atoms with Crippen LogP contribution in [0, 0.1) is 11.8 Å². The molecule has 0 aromatic heterocycles. The smallest absolute Gasteiger partial charge is 0.158 e. The second kappa shape index (κ2) is 4.38. The van der Waals surface area contributed by atoms with Gasteiger partial charge in [0.15, 0.2) is 11.1 Å². The molecule has 2 nitrogen and oxygen atoms in total. The van der Waals surface area contributed by atoms with E-state index in [0.29, 0.717) is 11.8 Å². The van der Waals surface area contributed by atoms with Gasteiger partial charge in [-0.25, -0.2) is 4.21 Å². The largest absolute Gasteiger partial charge is 0.306 e. The molecule has 2 unspecified atom stereocenters. The molecule has 0 aliphatic heterocycles. The fraction of sp³-hybridized carbons (Fsp3) is 1.00. The van der Waals surface area contributed by atoms with Gasteiger partial charge in [-0.15, -0.1) is 0 Å². The second-order valence-corrected chi connectivity index (χ2v) is 6.04. The minimum Gasteiger partial charge on any atom is -0.306 e. The topological polar surface area (TPSA) is 37.3 Å². The van der Waals surface area contributed by atoms with Crippen LogP contribution in [0.4, 0.5) is 0 Å². The third-order valence-electron chi connectivity index (χ3n) is 2.42. The maximum Gasteiger partial charge on any atom is 0.158 e. The van der Waals surface area contributed by atoms with E-state index in [9.17, 15) is 4.21 Å². The summed E-state index contributed by atoms with van der Waals surface area (Å²) in [5.74, 6) is 1.07. The fourth-order valence-corrected chi connectivity index (χ4v) is 1.49. The first-order valence-electron chi connectivity index (χ1n) is 4.38. The molecular weight excluding hydrogens is 172 g/mol. The van der Waals surface area contributed by atoms with Crippen LogP contribution in [-0.4, -0.2) is 13.5 Å². The number of hydrogen-bond donors (Lipinski definition) is 1. The molecule has 0 radical (unpaired) electrons. The van der Waals surface area contributed by atoms with Crippen LogP contribution in [0.5, 0.6) is 0 Å². The lowest BCUT2D eigenvalue weighted by atomic mass is 9.89. The van der Waals surface area contributed by atoms with Gasteiger partial charge in [-0.1, -0.05) is 20.8 Å². The Labute approximate surface area is 78.0 Å². The predicted molar refractivity (Wildman–Crippen MR) is 53.5 cm³/mol. The Bertz CT molecular complexity index is 164. The van der Waals surface area contributed by atoms with Gasteiger partial charge in [0, 0.05) is 0 Å². The molecule has 0 aliphatic carbocycles. The molecular formula is C9H20O2S. The molecule has 0 heterocycles. The summed E-state index contributed by atoms with van der Waals surface area (Å²) >= 11 is -1.71. The Balaban J connectivity index is 4.15. The monoisotopic (exact) mass is 192 g/mol. The zero-order valence-corrected chi connectivity index (χ0v) is 9.44. The predicted octanol–water partition coefficient (Wildman–Crippen LogP) is 2.67. The molecule has 0 fully saturated rings. The van der Waals surface area contributed by atoms with Gasteiger partial charge in [-0.2, -0.15) is 0 Å². The summed E-state index contributed by atoms with van der Waals surface area (Å²) in [5.41, 5.74) is 0. The molecule has 0 bridgehead atoms. The van der Waals surface area contributed by atoms with Crippen molar-refractivity contribution in [2.45, 2.75) is 45.8 Å². The van der Waals surface area contributed by atoms with Crippen molar-refractivity contribution in [1.29, 1.82) is 0 Å². The molecule has 0 spiro atoms. The molecule has 12 heavy (non-hydrogen) atoms. The highest BCUT2D eigenvalue weighted by Gasteiger charge is 2.28. The Kier molecular flexibility index (Phi) is 4.42. The van der Waals surface area contributed by atoms with E-state index < -0.39 is 15.8 Å². The Morgan fingerprint density at radius 3 is 2.00 bits per heavy atom. The van der Waals surface area contributed by atoms with Crippen LogP contribution in [0.25, 0.3) is 0 Å². The van der Waals surface area contributed by atoms with Gasteiger partial charge in [0.2, 0.25) is 0 Å². The van der Waals surface area contributed by atoms with Crippen LogP contribution in [-0.2, 0) is 11.1 Å². The van der Waals surface area contributed by atoms with Crippen LogP contribution in [0.2, 0.25) is 0 Å². The van der Waals surface area contributed by atoms with Crippen LogP contribution in [0.15, 0.2) is 0 Å². The quantitative estimate of drug-likeness (QED) is 0.695. The minimum absolute atomic E-state index is 0.469.